The van der Waals surface area contributed by atoms with Gasteiger partial charge in [0.1, 0.15) is 0 Å². The number of methoxy groups -OCH3 is 1. The molecule has 0 aliphatic carbocycles. The summed E-state index contributed by atoms with van der Waals surface area (Å²) in [7, 11) is 6.39. The van der Waals surface area contributed by atoms with Crippen LogP contribution in [0.2, 0.25) is 0 Å². The van der Waals surface area contributed by atoms with Crippen LogP contribution >= 0.6 is 21.4 Å². The monoisotopic (exact) mass is 380 g/mol. The molecule has 0 spiro atoms. The highest BCUT2D eigenvalue weighted by molar-refractivity contribution is 8.31. The Kier molecular flexibility index (Phi) is 7.61. The van der Waals surface area contributed by atoms with Gasteiger partial charge in [0.05, 0.1) is 7.11 Å². The quantitative estimate of drug-likeness (QED) is 0.707. The Bertz CT molecular complexity index is 743. The van der Waals surface area contributed by atoms with Gasteiger partial charge in [-0.15, -0.1) is 0 Å². The fourth-order valence-corrected chi connectivity index (χ4v) is 1.66. The number of benzene rings is 2. The number of hydrogen-bond donors (Lipinski definition) is 0. The van der Waals surface area contributed by atoms with Crippen molar-refractivity contribution >= 4 is 29.6 Å². The van der Waals surface area contributed by atoms with Crippen LogP contribution in [0.4, 0.5) is 4.39 Å². The number of aryl methyl sites for hydroxylation is 1. The Morgan fingerprint density at radius 1 is 1.04 bits per heavy atom. The molecule has 0 unspecified atom stereocenters. The SMILES string of the molecule is CCc1ccc(Oc2ccccc2F)c(OC)c1.O=S(=O)(Cl)Cl. The van der Waals surface area contributed by atoms with Crippen LogP contribution in [0.5, 0.6) is 17.2 Å². The van der Waals surface area contributed by atoms with Crippen molar-refractivity contribution in [2.75, 3.05) is 7.11 Å². The van der Waals surface area contributed by atoms with Crippen LogP contribution in [0.3, 0.4) is 0 Å². The highest BCUT2D eigenvalue weighted by Gasteiger charge is 2.09. The van der Waals surface area contributed by atoms with E-state index in [1.165, 1.54) is 6.07 Å². The first-order chi connectivity index (χ1) is 10.7. The van der Waals surface area contributed by atoms with E-state index < -0.39 is 8.26 Å². The Hall–Kier alpha value is -1.50. The average molecular weight is 381 g/mol. The zero-order valence-electron chi connectivity index (χ0n) is 12.4. The van der Waals surface area contributed by atoms with Gasteiger partial charge in [-0.1, -0.05) is 25.1 Å². The summed E-state index contributed by atoms with van der Waals surface area (Å²) >= 11 is 0. The first kappa shape index (κ1) is 19.5. The van der Waals surface area contributed by atoms with Gasteiger partial charge in [-0.25, -0.2) is 4.39 Å². The van der Waals surface area contributed by atoms with Crippen molar-refractivity contribution in [3.05, 3.63) is 53.8 Å². The Morgan fingerprint density at radius 2 is 1.65 bits per heavy atom. The molecule has 0 atom stereocenters. The Balaban J connectivity index is 0.000000463. The van der Waals surface area contributed by atoms with Gasteiger partial charge in [-0.05, 0) is 36.2 Å². The first-order valence-corrected chi connectivity index (χ1v) is 9.61. The molecular formula is C15H15Cl2FO4S. The third-order valence-electron chi connectivity index (χ3n) is 2.69. The van der Waals surface area contributed by atoms with Crippen LogP contribution < -0.4 is 9.47 Å². The van der Waals surface area contributed by atoms with E-state index in [1.807, 2.05) is 12.1 Å². The predicted octanol–water partition coefficient (Wildman–Crippen LogP) is 4.90. The topological polar surface area (TPSA) is 52.6 Å². The minimum atomic E-state index is -3.72. The molecule has 0 amide bonds. The van der Waals surface area contributed by atoms with Crippen molar-refractivity contribution in [1.82, 2.24) is 0 Å². The van der Waals surface area contributed by atoms with E-state index in [2.05, 4.69) is 28.3 Å². The number of rotatable bonds is 4. The second kappa shape index (κ2) is 8.96. The van der Waals surface area contributed by atoms with E-state index in [0.717, 1.165) is 12.0 Å². The molecule has 8 heteroatoms. The minimum absolute atomic E-state index is 0.194. The molecule has 4 nitrogen and oxygen atoms in total. The van der Waals surface area contributed by atoms with Gasteiger partial charge in [0, 0.05) is 21.4 Å². The van der Waals surface area contributed by atoms with E-state index >= 15 is 0 Å². The van der Waals surface area contributed by atoms with E-state index in [4.69, 9.17) is 17.9 Å². The van der Waals surface area contributed by atoms with Crippen molar-refractivity contribution < 1.29 is 22.3 Å². The molecule has 126 valence electrons. The van der Waals surface area contributed by atoms with E-state index in [9.17, 15) is 4.39 Å². The highest BCUT2D eigenvalue weighted by Crippen LogP contribution is 2.33. The molecule has 0 saturated heterocycles. The standard InChI is InChI=1S/C15H15FO2.Cl2O2S/c1-3-11-8-9-14(15(10-11)17-2)18-13-7-5-4-6-12(13)16;1-5(2,3)4/h4-10H,3H2,1-2H3;. The predicted molar refractivity (Wildman–Crippen MR) is 89.5 cm³/mol. The van der Waals surface area contributed by atoms with E-state index in [0.29, 0.717) is 11.5 Å². The Labute approximate surface area is 143 Å². The zero-order valence-corrected chi connectivity index (χ0v) is 14.8. The van der Waals surface area contributed by atoms with Crippen molar-refractivity contribution in [3.63, 3.8) is 0 Å². The third-order valence-corrected chi connectivity index (χ3v) is 2.69. The van der Waals surface area contributed by atoms with Gasteiger partial charge < -0.3 is 9.47 Å². The van der Waals surface area contributed by atoms with Crippen LogP contribution in [0.15, 0.2) is 42.5 Å². The molecular weight excluding hydrogens is 366 g/mol. The average Bonchev–Trinajstić information content (AvgIpc) is 2.48. The number of para-hydroxylation sites is 1. The smallest absolute Gasteiger partial charge is 0.317 e. The molecule has 0 aliphatic heterocycles. The molecule has 23 heavy (non-hydrogen) atoms. The maximum Gasteiger partial charge on any atom is 0.317 e. The molecule has 0 radical (unpaired) electrons. The lowest BCUT2D eigenvalue weighted by molar-refractivity contribution is 0.370. The van der Waals surface area contributed by atoms with Gasteiger partial charge in [0.15, 0.2) is 23.1 Å². The lowest BCUT2D eigenvalue weighted by Crippen LogP contribution is -1.93. The second-order valence-corrected chi connectivity index (χ2v) is 7.92. The lowest BCUT2D eigenvalue weighted by atomic mass is 10.1. The Morgan fingerprint density at radius 3 is 2.17 bits per heavy atom. The first-order valence-electron chi connectivity index (χ1n) is 6.48. The van der Waals surface area contributed by atoms with Crippen molar-refractivity contribution in [3.8, 4) is 17.2 Å². The summed E-state index contributed by atoms with van der Waals surface area (Å²) in [5, 5.41) is 0. The van der Waals surface area contributed by atoms with Crippen molar-refractivity contribution in [2.45, 2.75) is 13.3 Å². The maximum atomic E-state index is 13.5. The fraction of sp³-hybridized carbons (Fsp3) is 0.200. The third kappa shape index (κ3) is 7.54. The summed E-state index contributed by atoms with van der Waals surface area (Å²) in [6.45, 7) is 2.06. The molecule has 0 heterocycles. The number of hydrogen-bond acceptors (Lipinski definition) is 4. The molecule has 0 N–H and O–H groups in total. The van der Waals surface area contributed by atoms with Crippen molar-refractivity contribution in [2.24, 2.45) is 0 Å². The molecule has 0 aliphatic rings. The number of ether oxygens (including phenoxy) is 2. The number of halogens is 3. The molecule has 0 saturated carbocycles. The molecule has 0 aromatic heterocycles. The van der Waals surface area contributed by atoms with Gasteiger partial charge in [0.25, 0.3) is 0 Å². The van der Waals surface area contributed by atoms with E-state index in [-0.39, 0.29) is 11.6 Å². The van der Waals surface area contributed by atoms with Gasteiger partial charge in [-0.3, -0.25) is 0 Å². The summed E-state index contributed by atoms with van der Waals surface area (Å²) in [4.78, 5) is 0. The molecule has 0 bridgehead atoms. The highest BCUT2D eigenvalue weighted by atomic mass is 36.0. The van der Waals surface area contributed by atoms with Crippen LogP contribution in [-0.4, -0.2) is 15.5 Å². The summed E-state index contributed by atoms with van der Waals surface area (Å²) in [6, 6.07) is 11.9. The van der Waals surface area contributed by atoms with Crippen LogP contribution in [-0.2, 0) is 14.7 Å². The van der Waals surface area contributed by atoms with Crippen LogP contribution in [0, 0.1) is 5.82 Å². The molecule has 2 aromatic rings. The minimum Gasteiger partial charge on any atom is -0.493 e. The van der Waals surface area contributed by atoms with Gasteiger partial charge in [-0.2, -0.15) is 8.42 Å². The summed E-state index contributed by atoms with van der Waals surface area (Å²) in [5.41, 5.74) is 1.15. The zero-order chi connectivity index (χ0) is 17.5. The van der Waals surface area contributed by atoms with Crippen molar-refractivity contribution in [1.29, 1.82) is 0 Å². The van der Waals surface area contributed by atoms with Crippen LogP contribution in [0.1, 0.15) is 12.5 Å². The largest absolute Gasteiger partial charge is 0.493 e. The lowest BCUT2D eigenvalue weighted by Gasteiger charge is -2.11. The summed E-state index contributed by atoms with van der Waals surface area (Å²) < 4.78 is 42.6. The van der Waals surface area contributed by atoms with Gasteiger partial charge >= 0.3 is 8.26 Å². The van der Waals surface area contributed by atoms with Crippen LogP contribution in [0.25, 0.3) is 0 Å². The molecule has 2 aromatic carbocycles. The normalized spacial score (nSPS) is 10.5. The summed E-state index contributed by atoms with van der Waals surface area (Å²) in [6.07, 6.45) is 0.913. The fourth-order valence-electron chi connectivity index (χ4n) is 1.66. The summed E-state index contributed by atoms with van der Waals surface area (Å²) in [5.74, 6) is 0.927. The van der Waals surface area contributed by atoms with Gasteiger partial charge in [0.2, 0.25) is 0 Å². The molecule has 0 fully saturated rings. The molecule has 2 rings (SSSR count). The van der Waals surface area contributed by atoms with E-state index in [1.54, 1.807) is 31.4 Å². The maximum absolute atomic E-state index is 13.5. The second-order valence-electron chi connectivity index (χ2n) is 4.25.